The first-order chi connectivity index (χ1) is 33.7. The molecular weight excluding hydrogens is 909 g/mol. The SMILES string of the molecule is CCCCC(CCC)C[C@@H]1COc2ccc(OCc3ccnc(N(CC)CC(F)(F)CC)n3)c(c2)C[C@H](C(=O)CC)Oc2ncnc3sc(-c4ccc(CC)cc4)c(c23)-c2c(C)c(C)c(c(O)c2C)O1. The van der Waals surface area contributed by atoms with Gasteiger partial charge in [0.2, 0.25) is 11.8 Å². The van der Waals surface area contributed by atoms with Crippen LogP contribution in [0.15, 0.2) is 61.1 Å². The van der Waals surface area contributed by atoms with Crippen LogP contribution in [0, 0.1) is 26.7 Å². The van der Waals surface area contributed by atoms with Crippen molar-refractivity contribution >= 4 is 33.3 Å². The topological polar surface area (TPSA) is 129 Å². The van der Waals surface area contributed by atoms with Crippen LogP contribution in [0.5, 0.6) is 28.9 Å². The largest absolute Gasteiger partial charge is 0.504 e. The summed E-state index contributed by atoms with van der Waals surface area (Å²) in [6, 6.07) is 15.7. The predicted octanol–water partition coefficient (Wildman–Crippen LogP) is 13.6. The van der Waals surface area contributed by atoms with E-state index in [1.165, 1.54) is 35.1 Å². The smallest absolute Gasteiger partial charge is 0.265 e. The fraction of sp³-hybridized carbons (Fsp3) is 0.482. The number of anilines is 1. The molecule has 8 rings (SSSR count). The van der Waals surface area contributed by atoms with E-state index in [4.69, 9.17) is 28.9 Å². The minimum Gasteiger partial charge on any atom is -0.504 e. The third-order valence-electron chi connectivity index (χ3n) is 13.6. The van der Waals surface area contributed by atoms with Crippen molar-refractivity contribution in [1.82, 2.24) is 19.9 Å². The maximum absolute atomic E-state index is 14.5. The van der Waals surface area contributed by atoms with E-state index >= 15 is 0 Å². The highest BCUT2D eigenvalue weighted by Gasteiger charge is 2.33. The molecule has 0 radical (unpaired) electrons. The van der Waals surface area contributed by atoms with Crippen molar-refractivity contribution in [2.75, 3.05) is 24.6 Å². The Hall–Kier alpha value is -5.89. The molecule has 6 aromatic rings. The molecule has 3 atom stereocenters. The molecule has 3 aromatic carbocycles. The molecule has 11 nitrogen and oxygen atoms in total. The van der Waals surface area contributed by atoms with E-state index in [1.54, 1.807) is 19.2 Å². The van der Waals surface area contributed by atoms with E-state index in [0.29, 0.717) is 56.7 Å². The quantitative estimate of drug-likeness (QED) is 0.0833. The zero-order chi connectivity index (χ0) is 50.1. The number of benzene rings is 3. The number of carbonyl (C=O) groups is 1. The van der Waals surface area contributed by atoms with Crippen molar-refractivity contribution in [2.45, 2.75) is 151 Å². The van der Waals surface area contributed by atoms with Crippen molar-refractivity contribution in [2.24, 2.45) is 5.92 Å². The third kappa shape index (κ3) is 11.8. The fourth-order valence-electron chi connectivity index (χ4n) is 9.33. The van der Waals surface area contributed by atoms with Crippen molar-refractivity contribution in [3.05, 3.63) is 94.6 Å². The van der Waals surface area contributed by atoms with Gasteiger partial charge in [0.1, 0.15) is 42.0 Å². The van der Waals surface area contributed by atoms with E-state index in [1.807, 2.05) is 39.0 Å². The van der Waals surface area contributed by atoms with Crippen molar-refractivity contribution in [3.8, 4) is 50.4 Å². The number of fused-ring (bicyclic) bond motifs is 7. The number of hydrogen-bond acceptors (Lipinski definition) is 12. The molecule has 1 unspecified atom stereocenters. The molecule has 0 spiro atoms. The molecule has 3 aromatic heterocycles. The van der Waals surface area contributed by atoms with Gasteiger partial charge in [-0.25, -0.2) is 28.7 Å². The van der Waals surface area contributed by atoms with E-state index in [-0.39, 0.29) is 55.8 Å². The second kappa shape index (κ2) is 23.3. The minimum absolute atomic E-state index is 0.00420. The van der Waals surface area contributed by atoms with Crippen molar-refractivity contribution < 1.29 is 37.6 Å². The number of phenolic OH excluding ortho intramolecular Hbond substituents is 1. The van der Waals surface area contributed by atoms with E-state index in [2.05, 4.69) is 61.9 Å². The molecule has 0 fully saturated rings. The number of ketones is 1. The lowest BCUT2D eigenvalue weighted by Crippen LogP contribution is -2.37. The van der Waals surface area contributed by atoms with Gasteiger partial charge in [0.05, 0.1) is 17.6 Å². The van der Waals surface area contributed by atoms with Gasteiger partial charge in [0.15, 0.2) is 23.4 Å². The first kappa shape index (κ1) is 51.9. The van der Waals surface area contributed by atoms with E-state index in [9.17, 15) is 18.7 Å². The minimum atomic E-state index is -2.90. The highest BCUT2D eigenvalue weighted by molar-refractivity contribution is 7.22. The number of hydrogen-bond donors (Lipinski definition) is 1. The van der Waals surface area contributed by atoms with E-state index < -0.39 is 24.7 Å². The molecule has 2 aliphatic rings. The van der Waals surface area contributed by atoms with Crippen LogP contribution in [0.1, 0.15) is 126 Å². The molecule has 4 bridgehead atoms. The van der Waals surface area contributed by atoms with Crippen LogP contribution in [0.4, 0.5) is 14.7 Å². The standard InChI is InChI=1S/C56H69F2N5O6S/c1-10-16-18-38(17-11-2)27-43-31-66-42-23-24-45(67-30-41-25-26-59-55(62-41)63(15-6)32-56(57,58)14-5)40(28-42)29-46(44(64)13-4)69-53-49-48(47-34(7)35(8)51(68-43)50(65)36(47)9)52(70-54(49)61-33-60-53)39-21-19-37(12-3)20-22-39/h19-26,28,33,38,43,46,65H,10-18,27,29-32H2,1-9H3/t38?,43-,46-/m1/s1. The number of aromatic hydroxyl groups is 1. The Morgan fingerprint density at radius 2 is 1.71 bits per heavy atom. The Morgan fingerprint density at radius 1 is 0.929 bits per heavy atom. The monoisotopic (exact) mass is 977 g/mol. The number of thiophene rings is 1. The molecule has 2 aliphatic heterocycles. The number of unbranched alkanes of at least 4 members (excludes halogenated alkanes) is 1. The summed E-state index contributed by atoms with van der Waals surface area (Å²) in [5.41, 5.74) is 7.33. The summed E-state index contributed by atoms with van der Waals surface area (Å²) in [7, 11) is 0. The summed E-state index contributed by atoms with van der Waals surface area (Å²) < 4.78 is 56.1. The Morgan fingerprint density at radius 3 is 2.41 bits per heavy atom. The average Bonchev–Trinajstić information content (AvgIpc) is 3.76. The number of rotatable bonds is 19. The number of ether oxygens (including phenoxy) is 4. The third-order valence-corrected chi connectivity index (χ3v) is 14.8. The van der Waals surface area contributed by atoms with Gasteiger partial charge in [-0.05, 0) is 98.5 Å². The van der Waals surface area contributed by atoms with Crippen LogP contribution in [-0.2, 0) is 24.2 Å². The molecule has 70 heavy (non-hydrogen) atoms. The van der Waals surface area contributed by atoms with Crippen LogP contribution in [-0.4, -0.2) is 68.7 Å². The first-order valence-electron chi connectivity index (χ1n) is 25.1. The van der Waals surface area contributed by atoms with Gasteiger partial charge in [-0.15, -0.1) is 11.3 Å². The lowest BCUT2D eigenvalue weighted by Gasteiger charge is -2.27. The Labute approximate surface area is 416 Å². The lowest BCUT2D eigenvalue weighted by molar-refractivity contribution is -0.125. The zero-order valence-electron chi connectivity index (χ0n) is 42.3. The summed E-state index contributed by atoms with van der Waals surface area (Å²) >= 11 is 1.52. The Balaban J connectivity index is 1.38. The summed E-state index contributed by atoms with van der Waals surface area (Å²) in [5, 5.41) is 13.0. The summed E-state index contributed by atoms with van der Waals surface area (Å²) in [5.74, 6) is -0.749. The first-order valence-corrected chi connectivity index (χ1v) is 25.9. The molecule has 5 heterocycles. The van der Waals surface area contributed by atoms with Crippen LogP contribution in [0.2, 0.25) is 0 Å². The number of alkyl halides is 2. The Kier molecular flexibility index (Phi) is 17.3. The highest BCUT2D eigenvalue weighted by Crippen LogP contribution is 2.52. The number of aryl methyl sites for hydroxylation is 1. The van der Waals surface area contributed by atoms with Gasteiger partial charge in [0.25, 0.3) is 5.92 Å². The summed E-state index contributed by atoms with van der Waals surface area (Å²) in [6.07, 6.45) is 8.51. The maximum Gasteiger partial charge on any atom is 0.265 e. The molecule has 0 saturated carbocycles. The van der Waals surface area contributed by atoms with Crippen LogP contribution in [0.3, 0.4) is 0 Å². The predicted molar refractivity (Wildman–Crippen MR) is 275 cm³/mol. The van der Waals surface area contributed by atoms with Gasteiger partial charge in [0, 0.05) is 53.6 Å². The van der Waals surface area contributed by atoms with Crippen LogP contribution >= 0.6 is 11.3 Å². The highest BCUT2D eigenvalue weighted by atomic mass is 32.1. The van der Waals surface area contributed by atoms with Gasteiger partial charge >= 0.3 is 0 Å². The number of aromatic nitrogens is 4. The van der Waals surface area contributed by atoms with Gasteiger partial charge in [-0.1, -0.05) is 91.0 Å². The Bertz CT molecular complexity index is 2720. The second-order valence-corrected chi connectivity index (χ2v) is 19.5. The average molecular weight is 978 g/mol. The number of halogens is 2. The molecular formula is C56H69F2N5O6S. The molecule has 1 N–H and O–H groups in total. The summed E-state index contributed by atoms with van der Waals surface area (Å²) in [6.45, 7) is 17.6. The molecule has 14 heteroatoms. The van der Waals surface area contributed by atoms with Gasteiger partial charge < -0.3 is 29.0 Å². The molecule has 0 aliphatic carbocycles. The molecule has 374 valence electrons. The number of Topliss-reactive ketones (excluding diaryl/α,β-unsaturated/α-hetero) is 1. The van der Waals surface area contributed by atoms with Crippen LogP contribution < -0.4 is 23.8 Å². The van der Waals surface area contributed by atoms with Crippen molar-refractivity contribution in [3.63, 3.8) is 0 Å². The second-order valence-electron chi connectivity index (χ2n) is 18.5. The molecule has 0 amide bonds. The lowest BCUT2D eigenvalue weighted by atomic mass is 9.88. The fourth-order valence-corrected chi connectivity index (χ4v) is 10.5. The number of nitrogens with zero attached hydrogens (tertiary/aromatic N) is 5. The zero-order valence-corrected chi connectivity index (χ0v) is 43.1. The van der Waals surface area contributed by atoms with Crippen LogP contribution in [0.25, 0.3) is 31.8 Å². The maximum atomic E-state index is 14.5. The van der Waals surface area contributed by atoms with Gasteiger partial charge in [-0.2, -0.15) is 0 Å². The number of phenols is 1. The van der Waals surface area contributed by atoms with E-state index in [0.717, 1.165) is 77.6 Å². The normalized spacial score (nSPS) is 15.5. The molecule has 0 saturated heterocycles. The van der Waals surface area contributed by atoms with Crippen molar-refractivity contribution in [1.29, 1.82) is 0 Å². The number of carbonyl (C=O) groups excluding carboxylic acids is 1. The van der Waals surface area contributed by atoms with Gasteiger partial charge in [-0.3, -0.25) is 4.79 Å². The summed E-state index contributed by atoms with van der Waals surface area (Å²) in [4.78, 5) is 35.8.